The molecule has 1 aromatic carbocycles. The van der Waals surface area contributed by atoms with E-state index in [2.05, 4.69) is 35.8 Å². The SMILES string of the molecule is CCC(C)C(=O)Nc1cccc(C(=O)NCc2nc(-c3cnccn3)n[nH]2)c1. The highest BCUT2D eigenvalue weighted by molar-refractivity contribution is 5.97. The summed E-state index contributed by atoms with van der Waals surface area (Å²) in [7, 11) is 0. The average Bonchev–Trinajstić information content (AvgIpc) is 3.21. The molecule has 2 amide bonds. The number of nitrogens with zero attached hydrogens (tertiary/aromatic N) is 4. The third-order valence-corrected chi connectivity index (χ3v) is 4.19. The van der Waals surface area contributed by atoms with Crippen LogP contribution >= 0.6 is 0 Å². The van der Waals surface area contributed by atoms with Crippen molar-refractivity contribution in [1.29, 1.82) is 0 Å². The maximum atomic E-state index is 12.4. The molecule has 9 heteroatoms. The second-order valence-electron chi connectivity index (χ2n) is 6.26. The molecular weight excluding hydrogens is 358 g/mol. The predicted molar refractivity (Wildman–Crippen MR) is 103 cm³/mol. The van der Waals surface area contributed by atoms with Crippen LogP contribution in [0.1, 0.15) is 36.5 Å². The van der Waals surface area contributed by atoms with Crippen molar-refractivity contribution in [3.05, 3.63) is 54.2 Å². The summed E-state index contributed by atoms with van der Waals surface area (Å²) in [5, 5.41) is 12.4. The molecule has 0 saturated carbocycles. The Morgan fingerprint density at radius 2 is 2.11 bits per heavy atom. The second kappa shape index (κ2) is 8.85. The molecule has 1 unspecified atom stereocenters. The number of carbonyl (C=O) groups is 2. The molecule has 3 N–H and O–H groups in total. The predicted octanol–water partition coefficient (Wildman–Crippen LogP) is 2.18. The quantitative estimate of drug-likeness (QED) is 0.578. The van der Waals surface area contributed by atoms with E-state index in [1.165, 1.54) is 0 Å². The van der Waals surface area contributed by atoms with Crippen molar-refractivity contribution in [1.82, 2.24) is 30.5 Å². The zero-order chi connectivity index (χ0) is 19.9. The van der Waals surface area contributed by atoms with E-state index in [-0.39, 0.29) is 24.3 Å². The number of H-pyrrole nitrogens is 1. The van der Waals surface area contributed by atoms with E-state index in [1.807, 2.05) is 13.8 Å². The molecular formula is C19H21N7O2. The van der Waals surface area contributed by atoms with Gasteiger partial charge in [-0.15, -0.1) is 0 Å². The molecule has 0 radical (unpaired) electrons. The van der Waals surface area contributed by atoms with E-state index in [9.17, 15) is 9.59 Å². The first-order valence-corrected chi connectivity index (χ1v) is 8.93. The highest BCUT2D eigenvalue weighted by atomic mass is 16.2. The summed E-state index contributed by atoms with van der Waals surface area (Å²) in [6.45, 7) is 3.99. The van der Waals surface area contributed by atoms with Gasteiger partial charge in [-0.2, -0.15) is 5.10 Å². The average molecular weight is 379 g/mol. The molecule has 2 aromatic heterocycles. The Bertz CT molecular complexity index is 956. The highest BCUT2D eigenvalue weighted by Gasteiger charge is 2.13. The van der Waals surface area contributed by atoms with Crippen molar-refractivity contribution in [3.8, 4) is 11.5 Å². The van der Waals surface area contributed by atoms with E-state index in [4.69, 9.17) is 0 Å². The molecule has 2 heterocycles. The number of benzene rings is 1. The molecule has 0 aliphatic rings. The van der Waals surface area contributed by atoms with Crippen LogP contribution < -0.4 is 10.6 Å². The smallest absolute Gasteiger partial charge is 0.251 e. The summed E-state index contributed by atoms with van der Waals surface area (Å²) in [6, 6.07) is 6.79. The number of rotatable bonds is 7. The highest BCUT2D eigenvalue weighted by Crippen LogP contribution is 2.13. The molecule has 0 spiro atoms. The van der Waals surface area contributed by atoms with E-state index in [1.54, 1.807) is 42.9 Å². The van der Waals surface area contributed by atoms with Crippen LogP contribution in [0.25, 0.3) is 11.5 Å². The number of anilines is 1. The minimum Gasteiger partial charge on any atom is -0.345 e. The number of aromatic amines is 1. The van der Waals surface area contributed by atoms with E-state index in [0.717, 1.165) is 6.42 Å². The van der Waals surface area contributed by atoms with Crippen molar-refractivity contribution in [2.24, 2.45) is 5.92 Å². The lowest BCUT2D eigenvalue weighted by molar-refractivity contribution is -0.119. The fraction of sp³-hybridized carbons (Fsp3) is 0.263. The fourth-order valence-corrected chi connectivity index (χ4v) is 2.36. The Hall–Kier alpha value is -3.62. The van der Waals surface area contributed by atoms with E-state index >= 15 is 0 Å². The van der Waals surface area contributed by atoms with Gasteiger partial charge in [-0.25, -0.2) is 9.97 Å². The molecule has 28 heavy (non-hydrogen) atoms. The topological polar surface area (TPSA) is 126 Å². The fourth-order valence-electron chi connectivity index (χ4n) is 2.36. The zero-order valence-corrected chi connectivity index (χ0v) is 15.6. The number of carbonyl (C=O) groups excluding carboxylic acids is 2. The van der Waals surface area contributed by atoms with E-state index < -0.39 is 0 Å². The first kappa shape index (κ1) is 19.2. The second-order valence-corrected chi connectivity index (χ2v) is 6.26. The Labute approximate surface area is 162 Å². The Morgan fingerprint density at radius 1 is 1.25 bits per heavy atom. The third-order valence-electron chi connectivity index (χ3n) is 4.19. The zero-order valence-electron chi connectivity index (χ0n) is 15.6. The maximum absolute atomic E-state index is 12.4. The van der Waals surface area contributed by atoms with Crippen molar-refractivity contribution >= 4 is 17.5 Å². The summed E-state index contributed by atoms with van der Waals surface area (Å²) in [5.74, 6) is 0.463. The number of nitrogens with one attached hydrogen (secondary N) is 3. The molecule has 0 bridgehead atoms. The molecule has 9 nitrogen and oxygen atoms in total. The van der Waals surface area contributed by atoms with Gasteiger partial charge < -0.3 is 10.6 Å². The molecule has 0 aliphatic carbocycles. The van der Waals surface area contributed by atoms with Gasteiger partial charge in [-0.05, 0) is 24.6 Å². The van der Waals surface area contributed by atoms with Crippen LogP contribution in [-0.2, 0) is 11.3 Å². The standard InChI is InChI=1S/C19H21N7O2/c1-3-12(2)18(27)23-14-6-4-5-13(9-14)19(28)22-11-16-24-17(26-25-16)15-10-20-7-8-21-15/h4-10,12H,3,11H2,1-2H3,(H,22,28)(H,23,27)(H,24,25,26). The molecule has 144 valence electrons. The van der Waals surface area contributed by atoms with Crippen molar-refractivity contribution in [2.45, 2.75) is 26.8 Å². The van der Waals surface area contributed by atoms with Crippen LogP contribution in [0.4, 0.5) is 5.69 Å². The van der Waals surface area contributed by atoms with Crippen LogP contribution in [0.15, 0.2) is 42.9 Å². The van der Waals surface area contributed by atoms with Gasteiger partial charge in [0.15, 0.2) is 0 Å². The summed E-state index contributed by atoms with van der Waals surface area (Å²) < 4.78 is 0. The molecule has 0 saturated heterocycles. The molecule has 1 atom stereocenters. The normalized spacial score (nSPS) is 11.6. The first-order valence-electron chi connectivity index (χ1n) is 8.93. The molecule has 0 aliphatic heterocycles. The van der Waals surface area contributed by atoms with Crippen molar-refractivity contribution in [2.75, 3.05) is 5.32 Å². The largest absolute Gasteiger partial charge is 0.345 e. The minimum absolute atomic E-state index is 0.0711. The number of aromatic nitrogens is 5. The monoisotopic (exact) mass is 379 g/mol. The lowest BCUT2D eigenvalue weighted by atomic mass is 10.1. The lowest BCUT2D eigenvalue weighted by Gasteiger charge is -2.11. The van der Waals surface area contributed by atoms with Gasteiger partial charge >= 0.3 is 0 Å². The van der Waals surface area contributed by atoms with Crippen LogP contribution in [0, 0.1) is 5.92 Å². The van der Waals surface area contributed by atoms with Gasteiger partial charge in [0, 0.05) is 29.6 Å². The summed E-state index contributed by atoms with van der Waals surface area (Å²) >= 11 is 0. The van der Waals surface area contributed by atoms with Crippen molar-refractivity contribution in [3.63, 3.8) is 0 Å². The Balaban J connectivity index is 1.60. The number of hydrogen-bond acceptors (Lipinski definition) is 6. The summed E-state index contributed by atoms with van der Waals surface area (Å²) in [4.78, 5) is 36.8. The maximum Gasteiger partial charge on any atom is 0.251 e. The summed E-state index contributed by atoms with van der Waals surface area (Å²) in [5.41, 5.74) is 1.57. The van der Waals surface area contributed by atoms with Crippen LogP contribution in [0.5, 0.6) is 0 Å². The molecule has 0 fully saturated rings. The first-order chi connectivity index (χ1) is 13.6. The molecule has 3 rings (SSSR count). The number of amides is 2. The van der Waals surface area contributed by atoms with Gasteiger partial charge in [-0.1, -0.05) is 19.9 Å². The van der Waals surface area contributed by atoms with Crippen molar-refractivity contribution < 1.29 is 9.59 Å². The van der Waals surface area contributed by atoms with Gasteiger partial charge in [0.05, 0.1) is 12.7 Å². The third kappa shape index (κ3) is 4.76. The molecule has 3 aromatic rings. The minimum atomic E-state index is -0.280. The Kier molecular flexibility index (Phi) is 6.05. The van der Waals surface area contributed by atoms with Gasteiger partial charge in [0.2, 0.25) is 11.7 Å². The van der Waals surface area contributed by atoms with Gasteiger partial charge in [0.1, 0.15) is 11.5 Å². The Morgan fingerprint density at radius 3 is 2.86 bits per heavy atom. The van der Waals surface area contributed by atoms with Gasteiger partial charge in [-0.3, -0.25) is 19.7 Å². The van der Waals surface area contributed by atoms with Crippen LogP contribution in [0.2, 0.25) is 0 Å². The summed E-state index contributed by atoms with van der Waals surface area (Å²) in [6.07, 6.45) is 5.43. The van der Waals surface area contributed by atoms with Gasteiger partial charge in [0.25, 0.3) is 5.91 Å². The van der Waals surface area contributed by atoms with E-state index in [0.29, 0.717) is 28.6 Å². The number of hydrogen-bond donors (Lipinski definition) is 3. The van der Waals surface area contributed by atoms with Crippen LogP contribution in [0.3, 0.4) is 0 Å². The lowest BCUT2D eigenvalue weighted by Crippen LogP contribution is -2.24. The van der Waals surface area contributed by atoms with Crippen LogP contribution in [-0.4, -0.2) is 37.0 Å².